The zero-order valence-corrected chi connectivity index (χ0v) is 9.32. The van der Waals surface area contributed by atoms with Gasteiger partial charge in [-0.15, -0.1) is 0 Å². The third-order valence-corrected chi connectivity index (χ3v) is 2.54. The lowest BCUT2D eigenvalue weighted by Gasteiger charge is -1.98. The van der Waals surface area contributed by atoms with Crippen LogP contribution in [0.15, 0.2) is 24.7 Å². The summed E-state index contributed by atoms with van der Waals surface area (Å²) in [6.07, 6.45) is 3.23. The van der Waals surface area contributed by atoms with Crippen molar-refractivity contribution in [2.24, 2.45) is 0 Å². The van der Waals surface area contributed by atoms with E-state index in [0.717, 1.165) is 11.4 Å². The van der Waals surface area contributed by atoms with Gasteiger partial charge in [0.15, 0.2) is 0 Å². The number of nitriles is 1. The van der Waals surface area contributed by atoms with Gasteiger partial charge in [-0.05, 0) is 12.1 Å². The quantitative estimate of drug-likeness (QED) is 0.845. The summed E-state index contributed by atoms with van der Waals surface area (Å²) in [6.45, 7) is 0. The molecule has 4 nitrogen and oxygen atoms in total. The first kappa shape index (κ1) is 9.87. The molecular weight excluding hydrogens is 256 g/mol. The van der Waals surface area contributed by atoms with Crippen molar-refractivity contribution in [2.75, 3.05) is 0 Å². The lowest BCUT2D eigenvalue weighted by Crippen LogP contribution is -1.89. The van der Waals surface area contributed by atoms with Gasteiger partial charge in [-0.1, -0.05) is 15.9 Å². The highest BCUT2D eigenvalue weighted by Crippen LogP contribution is 2.20. The van der Waals surface area contributed by atoms with E-state index in [-0.39, 0.29) is 0 Å². The minimum Gasteiger partial charge on any atom is -0.347 e. The van der Waals surface area contributed by atoms with E-state index in [0.29, 0.717) is 16.6 Å². The molecule has 0 spiro atoms. The van der Waals surface area contributed by atoms with Crippen LogP contribution in [0.25, 0.3) is 11.4 Å². The van der Waals surface area contributed by atoms with E-state index in [1.807, 2.05) is 0 Å². The molecule has 0 aliphatic rings. The second-order valence-electron chi connectivity index (χ2n) is 2.90. The maximum atomic E-state index is 8.77. The summed E-state index contributed by atoms with van der Waals surface area (Å²) in [5.41, 5.74) is 3.04. The largest absolute Gasteiger partial charge is 0.347 e. The van der Waals surface area contributed by atoms with Crippen molar-refractivity contribution in [3.63, 3.8) is 0 Å². The molecule has 0 saturated carbocycles. The van der Waals surface area contributed by atoms with Crippen molar-refractivity contribution in [3.8, 4) is 17.5 Å². The average molecular weight is 263 g/mol. The van der Waals surface area contributed by atoms with Gasteiger partial charge in [0.1, 0.15) is 5.69 Å². The molecule has 0 saturated heterocycles. The molecule has 5 heteroatoms. The number of rotatable bonds is 2. The molecule has 0 aromatic carbocycles. The van der Waals surface area contributed by atoms with Crippen LogP contribution in [0, 0.1) is 11.3 Å². The topological polar surface area (TPSA) is 65.4 Å². The smallest absolute Gasteiger partial charge is 0.111 e. The van der Waals surface area contributed by atoms with Gasteiger partial charge < -0.3 is 4.98 Å². The maximum Gasteiger partial charge on any atom is 0.111 e. The number of H-pyrrole nitrogens is 1. The lowest BCUT2D eigenvalue weighted by molar-refractivity contribution is 1.23. The van der Waals surface area contributed by atoms with Gasteiger partial charge in [0.25, 0.3) is 0 Å². The molecule has 0 radical (unpaired) electrons. The second kappa shape index (κ2) is 4.24. The Labute approximate surface area is 95.1 Å². The van der Waals surface area contributed by atoms with E-state index in [1.54, 1.807) is 24.7 Å². The zero-order chi connectivity index (χ0) is 10.7. The number of nitrogens with one attached hydrogen (secondary N) is 1. The van der Waals surface area contributed by atoms with Gasteiger partial charge in [-0.2, -0.15) is 5.26 Å². The predicted molar refractivity (Wildman–Crippen MR) is 59.2 cm³/mol. The molecule has 2 heterocycles. The number of aromatic nitrogens is 3. The molecular formula is C10H7BrN4. The highest BCUT2D eigenvalue weighted by atomic mass is 79.9. The second-order valence-corrected chi connectivity index (χ2v) is 3.47. The molecule has 2 rings (SSSR count). The minimum absolute atomic E-state index is 0.587. The summed E-state index contributed by atoms with van der Waals surface area (Å²) in [5.74, 6) is 0. The van der Waals surface area contributed by atoms with Crippen molar-refractivity contribution in [3.05, 3.63) is 35.9 Å². The first-order valence-electron chi connectivity index (χ1n) is 4.30. The van der Waals surface area contributed by atoms with E-state index in [2.05, 4.69) is 37.0 Å². The molecule has 15 heavy (non-hydrogen) atoms. The normalized spacial score (nSPS) is 9.87. The molecule has 2 aromatic heterocycles. The fourth-order valence-electron chi connectivity index (χ4n) is 1.27. The third kappa shape index (κ3) is 1.90. The van der Waals surface area contributed by atoms with Gasteiger partial charge in [0, 0.05) is 11.5 Å². The molecule has 0 aliphatic carbocycles. The van der Waals surface area contributed by atoms with Crippen LogP contribution >= 0.6 is 15.9 Å². The van der Waals surface area contributed by atoms with Crippen LogP contribution in [0.4, 0.5) is 0 Å². The summed E-state index contributed by atoms with van der Waals surface area (Å²) in [4.78, 5) is 11.4. The number of hydrogen-bond acceptors (Lipinski definition) is 3. The van der Waals surface area contributed by atoms with Crippen LogP contribution in [0.1, 0.15) is 11.3 Å². The Hall–Kier alpha value is -1.67. The number of alkyl halides is 1. The first-order chi connectivity index (χ1) is 7.35. The Kier molecular flexibility index (Phi) is 2.79. The molecule has 0 bridgehead atoms. The van der Waals surface area contributed by atoms with Crippen LogP contribution in [-0.2, 0) is 5.33 Å². The molecule has 1 N–H and O–H groups in total. The zero-order valence-electron chi connectivity index (χ0n) is 7.74. The summed E-state index contributed by atoms with van der Waals surface area (Å²) in [5, 5.41) is 9.45. The first-order valence-corrected chi connectivity index (χ1v) is 5.42. The van der Waals surface area contributed by atoms with Gasteiger partial charge in [-0.3, -0.25) is 4.98 Å². The van der Waals surface area contributed by atoms with Crippen molar-refractivity contribution in [1.82, 2.24) is 15.0 Å². The Morgan fingerprint density at radius 3 is 3.07 bits per heavy atom. The number of hydrogen-bond donors (Lipinski definition) is 1. The van der Waals surface area contributed by atoms with Gasteiger partial charge in [0.05, 0.1) is 29.3 Å². The van der Waals surface area contributed by atoms with E-state index in [4.69, 9.17) is 5.26 Å². The monoisotopic (exact) mass is 262 g/mol. The molecule has 74 valence electrons. The Balaban J connectivity index is 2.50. The molecule has 0 amide bonds. The van der Waals surface area contributed by atoms with Crippen molar-refractivity contribution >= 4 is 15.9 Å². The Bertz CT molecular complexity index is 512. The number of halogens is 1. The van der Waals surface area contributed by atoms with E-state index >= 15 is 0 Å². The van der Waals surface area contributed by atoms with E-state index < -0.39 is 0 Å². The number of pyridine rings is 1. The summed E-state index contributed by atoms with van der Waals surface area (Å²) < 4.78 is 0. The minimum atomic E-state index is 0.587. The molecule has 0 fully saturated rings. The van der Waals surface area contributed by atoms with Crippen LogP contribution < -0.4 is 0 Å². The average Bonchev–Trinajstić information content (AvgIpc) is 2.77. The standard InChI is InChI=1S/C10H7BrN4/c11-4-9-10(15-6-14-9)8-3-7(5-12)1-2-13-8/h1-3,6H,4H2,(H,14,15). The number of imidazole rings is 1. The molecule has 2 aromatic rings. The fourth-order valence-corrected chi connectivity index (χ4v) is 1.70. The van der Waals surface area contributed by atoms with Gasteiger partial charge >= 0.3 is 0 Å². The highest BCUT2D eigenvalue weighted by Gasteiger charge is 2.08. The lowest BCUT2D eigenvalue weighted by atomic mass is 10.2. The van der Waals surface area contributed by atoms with Crippen molar-refractivity contribution in [2.45, 2.75) is 5.33 Å². The van der Waals surface area contributed by atoms with Crippen LogP contribution in [0.2, 0.25) is 0 Å². The van der Waals surface area contributed by atoms with Crippen molar-refractivity contribution in [1.29, 1.82) is 5.26 Å². The van der Waals surface area contributed by atoms with Crippen LogP contribution in [-0.4, -0.2) is 15.0 Å². The summed E-state index contributed by atoms with van der Waals surface area (Å²) in [6, 6.07) is 5.47. The van der Waals surface area contributed by atoms with E-state index in [1.165, 1.54) is 0 Å². The molecule has 0 unspecified atom stereocenters. The molecule has 0 aliphatic heterocycles. The van der Waals surface area contributed by atoms with Gasteiger partial charge in [-0.25, -0.2) is 4.98 Å². The third-order valence-electron chi connectivity index (χ3n) is 1.98. The highest BCUT2D eigenvalue weighted by molar-refractivity contribution is 9.08. The summed E-state index contributed by atoms with van der Waals surface area (Å²) >= 11 is 3.36. The van der Waals surface area contributed by atoms with Crippen LogP contribution in [0.5, 0.6) is 0 Å². The fraction of sp³-hybridized carbons (Fsp3) is 0.100. The molecule has 0 atom stereocenters. The van der Waals surface area contributed by atoms with E-state index in [9.17, 15) is 0 Å². The SMILES string of the molecule is N#Cc1ccnc(-c2nc[nH]c2CBr)c1. The maximum absolute atomic E-state index is 8.77. The Morgan fingerprint density at radius 1 is 1.47 bits per heavy atom. The summed E-state index contributed by atoms with van der Waals surface area (Å²) in [7, 11) is 0. The Morgan fingerprint density at radius 2 is 2.33 bits per heavy atom. The predicted octanol–water partition coefficient (Wildman–Crippen LogP) is 2.24. The van der Waals surface area contributed by atoms with Crippen LogP contribution in [0.3, 0.4) is 0 Å². The van der Waals surface area contributed by atoms with Gasteiger partial charge in [0.2, 0.25) is 0 Å². The number of aromatic amines is 1. The number of nitrogens with zero attached hydrogens (tertiary/aromatic N) is 3. The van der Waals surface area contributed by atoms with Crippen molar-refractivity contribution < 1.29 is 0 Å².